The molecule has 0 fully saturated rings. The second-order valence-corrected chi connectivity index (χ2v) is 2.41. The number of aromatic amines is 1. The number of rotatable bonds is 1. The van der Waals surface area contributed by atoms with E-state index in [1.54, 1.807) is 0 Å². The van der Waals surface area contributed by atoms with Gasteiger partial charge in [-0.05, 0) is 6.92 Å². The van der Waals surface area contributed by atoms with Gasteiger partial charge in [0.15, 0.2) is 0 Å². The first-order chi connectivity index (χ1) is 3.83. The van der Waals surface area contributed by atoms with Crippen molar-refractivity contribution >= 4 is 22.6 Å². The zero-order valence-corrected chi connectivity index (χ0v) is 6.77. The lowest BCUT2D eigenvalue weighted by molar-refractivity contribution is 1.12. The fraction of sp³-hybridized carbons (Fsp3) is 0.400. The maximum absolute atomic E-state index is 4.07. The molecule has 0 radical (unpaired) electrons. The third kappa shape index (κ3) is 1.21. The number of hydrogen-bond donors (Lipinski definition) is 1. The van der Waals surface area contributed by atoms with E-state index in [9.17, 15) is 0 Å². The molecule has 1 aromatic rings. The number of aromatic nitrogens is 2. The average Bonchev–Trinajstić information content (AvgIpc) is 2.14. The Labute approximate surface area is 61.9 Å². The number of halogens is 1. The van der Waals surface area contributed by atoms with Crippen LogP contribution in [0, 0.1) is 6.92 Å². The van der Waals surface area contributed by atoms with Crippen LogP contribution in [0.4, 0.5) is 0 Å². The summed E-state index contributed by atoms with van der Waals surface area (Å²) in [5.74, 6) is 1.06. The fourth-order valence-corrected chi connectivity index (χ4v) is 0.922. The average molecular weight is 222 g/mol. The zero-order chi connectivity index (χ0) is 5.98. The van der Waals surface area contributed by atoms with Crippen LogP contribution >= 0.6 is 22.6 Å². The van der Waals surface area contributed by atoms with Crippen molar-refractivity contribution in [1.29, 1.82) is 0 Å². The van der Waals surface area contributed by atoms with E-state index in [0.717, 1.165) is 15.9 Å². The Kier molecular flexibility index (Phi) is 1.88. The molecule has 0 amide bonds. The lowest BCUT2D eigenvalue weighted by Crippen LogP contribution is -1.77. The van der Waals surface area contributed by atoms with Crippen molar-refractivity contribution in [3.63, 3.8) is 0 Å². The Balaban J connectivity index is 2.84. The highest BCUT2D eigenvalue weighted by molar-refractivity contribution is 14.1. The van der Waals surface area contributed by atoms with Crippen molar-refractivity contribution in [2.24, 2.45) is 0 Å². The van der Waals surface area contributed by atoms with E-state index in [2.05, 4.69) is 32.6 Å². The van der Waals surface area contributed by atoms with Crippen LogP contribution < -0.4 is 0 Å². The van der Waals surface area contributed by atoms with E-state index < -0.39 is 0 Å². The van der Waals surface area contributed by atoms with Crippen LogP contribution in [0.2, 0.25) is 0 Å². The first kappa shape index (κ1) is 6.07. The van der Waals surface area contributed by atoms with Crippen molar-refractivity contribution in [2.45, 2.75) is 11.4 Å². The van der Waals surface area contributed by atoms with Gasteiger partial charge in [-0.2, -0.15) is 0 Å². The number of imidazole rings is 1. The van der Waals surface area contributed by atoms with E-state index >= 15 is 0 Å². The molecule has 0 aromatic carbocycles. The van der Waals surface area contributed by atoms with Gasteiger partial charge in [0.25, 0.3) is 0 Å². The second kappa shape index (κ2) is 2.48. The number of H-pyrrole nitrogens is 1. The third-order valence-corrected chi connectivity index (χ3v) is 1.60. The van der Waals surface area contributed by atoms with E-state index in [0.29, 0.717) is 0 Å². The maximum atomic E-state index is 4.07. The first-order valence-electron chi connectivity index (χ1n) is 2.39. The van der Waals surface area contributed by atoms with Gasteiger partial charge in [0, 0.05) is 11.9 Å². The minimum atomic E-state index is 0.964. The Morgan fingerprint density at radius 2 is 2.62 bits per heavy atom. The van der Waals surface area contributed by atoms with Gasteiger partial charge in [0.05, 0.1) is 4.43 Å². The summed E-state index contributed by atoms with van der Waals surface area (Å²) in [5, 5.41) is 0. The van der Waals surface area contributed by atoms with Crippen molar-refractivity contribution in [3.05, 3.63) is 17.7 Å². The summed E-state index contributed by atoms with van der Waals surface area (Å²) in [4.78, 5) is 7.18. The van der Waals surface area contributed by atoms with Crippen molar-refractivity contribution in [3.8, 4) is 0 Å². The molecule has 3 heteroatoms. The lowest BCUT2D eigenvalue weighted by Gasteiger charge is -1.80. The van der Waals surface area contributed by atoms with Gasteiger partial charge < -0.3 is 4.98 Å². The summed E-state index contributed by atoms with van der Waals surface area (Å²) in [6, 6.07) is 0. The number of nitrogens with zero attached hydrogens (tertiary/aromatic N) is 1. The smallest absolute Gasteiger partial charge is 0.116 e. The van der Waals surface area contributed by atoms with Gasteiger partial charge >= 0.3 is 0 Å². The minimum Gasteiger partial charge on any atom is -0.345 e. The quantitative estimate of drug-likeness (QED) is 0.568. The Morgan fingerprint density at radius 3 is 2.88 bits per heavy atom. The molecule has 1 rings (SSSR count). The molecule has 0 saturated heterocycles. The van der Waals surface area contributed by atoms with Gasteiger partial charge in [-0.25, -0.2) is 4.98 Å². The molecular weight excluding hydrogens is 215 g/mol. The van der Waals surface area contributed by atoms with Crippen LogP contribution in [-0.2, 0) is 4.43 Å². The molecular formula is C5H7IN2. The van der Waals surface area contributed by atoms with Crippen LogP contribution in [0.25, 0.3) is 0 Å². The van der Waals surface area contributed by atoms with Crippen LogP contribution in [0.3, 0.4) is 0 Å². The molecule has 2 nitrogen and oxygen atoms in total. The SMILES string of the molecule is Cc1cnc(CI)[nH]1. The monoisotopic (exact) mass is 222 g/mol. The van der Waals surface area contributed by atoms with E-state index in [4.69, 9.17) is 0 Å². The largest absolute Gasteiger partial charge is 0.345 e. The molecule has 0 atom stereocenters. The Bertz CT molecular complexity index is 171. The zero-order valence-electron chi connectivity index (χ0n) is 4.61. The molecule has 0 aliphatic rings. The summed E-state index contributed by atoms with van der Waals surface area (Å²) in [5.41, 5.74) is 1.14. The van der Waals surface area contributed by atoms with Crippen LogP contribution in [-0.4, -0.2) is 9.97 Å². The molecule has 44 valence electrons. The second-order valence-electron chi connectivity index (χ2n) is 1.65. The summed E-state index contributed by atoms with van der Waals surface area (Å²) in [6.07, 6.45) is 1.84. The molecule has 0 spiro atoms. The molecule has 0 bridgehead atoms. The van der Waals surface area contributed by atoms with Gasteiger partial charge in [-0.1, -0.05) is 22.6 Å². The fourth-order valence-electron chi connectivity index (χ4n) is 0.535. The number of aryl methyl sites for hydroxylation is 1. The van der Waals surface area contributed by atoms with Gasteiger partial charge in [0.2, 0.25) is 0 Å². The first-order valence-corrected chi connectivity index (χ1v) is 3.92. The van der Waals surface area contributed by atoms with Crippen molar-refractivity contribution in [2.75, 3.05) is 0 Å². The van der Waals surface area contributed by atoms with Crippen molar-refractivity contribution < 1.29 is 0 Å². The van der Waals surface area contributed by atoms with Crippen LogP contribution in [0.15, 0.2) is 6.20 Å². The molecule has 1 aromatic heterocycles. The van der Waals surface area contributed by atoms with Gasteiger partial charge in [-0.15, -0.1) is 0 Å². The standard InChI is InChI=1S/C5H7IN2/c1-4-3-7-5(2-6)8-4/h3H,2H2,1H3,(H,7,8). The molecule has 0 aliphatic heterocycles. The third-order valence-electron chi connectivity index (χ3n) is 0.882. The normalized spacial score (nSPS) is 9.75. The molecule has 1 N–H and O–H groups in total. The Morgan fingerprint density at radius 1 is 1.88 bits per heavy atom. The summed E-state index contributed by atoms with van der Waals surface area (Å²) in [7, 11) is 0. The van der Waals surface area contributed by atoms with Crippen LogP contribution in [0.5, 0.6) is 0 Å². The Hall–Kier alpha value is -0.0600. The van der Waals surface area contributed by atoms with Crippen LogP contribution in [0.1, 0.15) is 11.5 Å². The predicted molar refractivity (Wildman–Crippen MR) is 41.0 cm³/mol. The molecule has 1 heterocycles. The van der Waals surface area contributed by atoms with E-state index in [-0.39, 0.29) is 0 Å². The molecule has 8 heavy (non-hydrogen) atoms. The van der Waals surface area contributed by atoms with E-state index in [1.807, 2.05) is 13.1 Å². The number of hydrogen-bond acceptors (Lipinski definition) is 1. The van der Waals surface area contributed by atoms with Crippen molar-refractivity contribution in [1.82, 2.24) is 9.97 Å². The maximum Gasteiger partial charge on any atom is 0.116 e. The van der Waals surface area contributed by atoms with Gasteiger partial charge in [0.1, 0.15) is 5.82 Å². The summed E-state index contributed by atoms with van der Waals surface area (Å²) < 4.78 is 0.964. The molecule has 0 unspecified atom stereocenters. The van der Waals surface area contributed by atoms with E-state index in [1.165, 1.54) is 0 Å². The highest BCUT2D eigenvalue weighted by Crippen LogP contribution is 1.99. The molecule has 0 saturated carbocycles. The topological polar surface area (TPSA) is 28.7 Å². The number of nitrogens with one attached hydrogen (secondary N) is 1. The number of alkyl halides is 1. The highest BCUT2D eigenvalue weighted by Gasteiger charge is 1.90. The minimum absolute atomic E-state index is 0.964. The lowest BCUT2D eigenvalue weighted by atomic mass is 10.6. The summed E-state index contributed by atoms with van der Waals surface area (Å²) >= 11 is 2.27. The highest BCUT2D eigenvalue weighted by atomic mass is 127. The molecule has 0 aliphatic carbocycles. The van der Waals surface area contributed by atoms with Gasteiger partial charge in [-0.3, -0.25) is 0 Å². The predicted octanol–water partition coefficient (Wildman–Crippen LogP) is 1.65. The summed E-state index contributed by atoms with van der Waals surface area (Å²) in [6.45, 7) is 2.00.